The molecule has 5 nitrogen and oxygen atoms in total. The van der Waals surface area contributed by atoms with Crippen molar-refractivity contribution in [1.82, 2.24) is 9.97 Å². The zero-order valence-corrected chi connectivity index (χ0v) is 84.8. The molecule has 0 atom stereocenters. The molecule has 1 aliphatic carbocycles. The fourth-order valence-corrected chi connectivity index (χ4v) is 39.3. The van der Waals surface area contributed by atoms with Crippen molar-refractivity contribution in [3.63, 3.8) is 0 Å². The average molecular weight is 2040 g/mol. The second-order valence-corrected chi connectivity index (χ2v) is 50.0. The average Bonchev–Trinajstić information content (AvgIpc) is 1.44. The van der Waals surface area contributed by atoms with Crippen molar-refractivity contribution in [3.8, 4) is 11.1 Å². The Morgan fingerprint density at radius 3 is 0.819 bits per heavy atom. The van der Waals surface area contributed by atoms with Gasteiger partial charge in [-0.1, -0.05) is 170 Å². The van der Waals surface area contributed by atoms with Crippen molar-refractivity contribution < 1.29 is 13.3 Å². The third-order valence-electron chi connectivity index (χ3n) is 32.1. The molecule has 38 aromatic rings. The van der Waals surface area contributed by atoms with E-state index in [1.54, 1.807) is 34.0 Å². The maximum absolute atomic E-state index is 6.81. The number of furan rings is 3. The van der Waals surface area contributed by atoms with Gasteiger partial charge < -0.3 is 23.2 Å². The predicted octanol–water partition coefficient (Wildman–Crippen LogP) is 44.0. The molecule has 21 aromatic carbocycles. The van der Waals surface area contributed by atoms with E-state index in [0.717, 1.165) is 72.2 Å². The van der Waals surface area contributed by atoms with Crippen molar-refractivity contribution in [2.24, 2.45) is 0 Å². The Balaban J connectivity index is 0.0000000888. The number of nitrogens with one attached hydrogen (secondary N) is 2. The first-order valence-corrected chi connectivity index (χ1v) is 58.5. The van der Waals surface area contributed by atoms with Gasteiger partial charge in [-0.05, 0) is 186 Å². The van der Waals surface area contributed by atoms with E-state index in [1.807, 2.05) is 102 Å². The molecule has 0 aliphatic heterocycles. The summed E-state index contributed by atoms with van der Waals surface area (Å²) >= 11 is 22.8. The molecule has 17 heterocycles. The molecular formula is C127H58N2O3S12. The first kappa shape index (κ1) is 77.9. The number of hydrogen-bond acceptors (Lipinski definition) is 15. The van der Waals surface area contributed by atoms with Gasteiger partial charge in [0.05, 0.1) is 11.0 Å². The highest BCUT2D eigenvalue weighted by molar-refractivity contribution is 7.31. The summed E-state index contributed by atoms with van der Waals surface area (Å²) in [5.41, 5.74) is 16.2. The molecule has 0 saturated heterocycles. The smallest absolute Gasteiger partial charge is 0.144 e. The number of thiophene rings is 12. The van der Waals surface area contributed by atoms with Gasteiger partial charge in [0, 0.05) is 308 Å². The third kappa shape index (κ3) is 9.49. The zero-order valence-electron chi connectivity index (χ0n) is 75.0. The van der Waals surface area contributed by atoms with Gasteiger partial charge in [0.2, 0.25) is 0 Å². The lowest BCUT2D eigenvalue weighted by Gasteiger charge is -2.19. The molecule has 0 saturated carbocycles. The lowest BCUT2D eigenvalue weighted by molar-refractivity contribution is 0.672. The summed E-state index contributed by atoms with van der Waals surface area (Å²) in [6.45, 7) is 0. The highest BCUT2D eigenvalue weighted by Crippen LogP contribution is 2.65. The van der Waals surface area contributed by atoms with E-state index in [4.69, 9.17) is 13.3 Å². The van der Waals surface area contributed by atoms with Gasteiger partial charge in [-0.25, -0.2) is 0 Å². The zero-order chi connectivity index (χ0) is 92.5. The van der Waals surface area contributed by atoms with Crippen LogP contribution in [-0.4, -0.2) is 9.97 Å². The molecular weight excluding hydrogens is 1990 g/mol. The van der Waals surface area contributed by atoms with Crippen LogP contribution in [0.15, 0.2) is 335 Å². The van der Waals surface area contributed by atoms with Crippen LogP contribution in [0.5, 0.6) is 0 Å². The molecule has 0 spiro atoms. The van der Waals surface area contributed by atoms with Crippen molar-refractivity contribution in [1.29, 1.82) is 0 Å². The maximum Gasteiger partial charge on any atom is 0.144 e. The summed E-state index contributed by atoms with van der Waals surface area (Å²) in [5, 5.41) is 77.5. The fraction of sp³-hybridized carbons (Fsp3) is 0.00787. The molecule has 144 heavy (non-hydrogen) atoms. The fourth-order valence-electron chi connectivity index (χ4n) is 26.8. The van der Waals surface area contributed by atoms with Crippen LogP contribution in [-0.2, 0) is 6.42 Å². The summed E-state index contributed by atoms with van der Waals surface area (Å²) < 4.78 is 40.9. The Bertz CT molecular complexity index is 11400. The minimum Gasteiger partial charge on any atom is -0.455 e. The topological polar surface area (TPSA) is 71.0 Å². The number of aromatic nitrogens is 2. The van der Waals surface area contributed by atoms with Crippen LogP contribution in [0.2, 0.25) is 0 Å². The van der Waals surface area contributed by atoms with Gasteiger partial charge in [0.15, 0.2) is 0 Å². The van der Waals surface area contributed by atoms with Crippen molar-refractivity contribution in [2.45, 2.75) is 6.42 Å². The molecule has 0 unspecified atom stereocenters. The van der Waals surface area contributed by atoms with Crippen LogP contribution in [0.1, 0.15) is 11.1 Å². The number of hydrogen-bond donors (Lipinski definition) is 2. The lowest BCUT2D eigenvalue weighted by atomic mass is 9.84. The molecule has 1 aliphatic rings. The molecule has 0 amide bonds. The molecule has 17 heteroatoms. The molecule has 0 radical (unpaired) electrons. The number of H-pyrrole nitrogens is 2. The van der Waals surface area contributed by atoms with Gasteiger partial charge in [0.1, 0.15) is 33.5 Å². The van der Waals surface area contributed by atoms with Crippen LogP contribution in [0.3, 0.4) is 0 Å². The number of para-hydroxylation sites is 5. The molecule has 0 fully saturated rings. The predicted molar refractivity (Wildman–Crippen MR) is 643 cm³/mol. The monoisotopic (exact) mass is 2040 g/mol. The van der Waals surface area contributed by atoms with E-state index in [2.05, 4.69) is 331 Å². The third-order valence-corrected chi connectivity index (χ3v) is 44.1. The number of fused-ring (bicyclic) bond motifs is 81. The minimum atomic E-state index is 0.908. The number of aromatic amines is 2. The summed E-state index contributed by atoms with van der Waals surface area (Å²) in [5.74, 6) is 0. The standard InChI is InChI=1S/C43H22N2S3.C42H18O3S3.C42H18S6/c1-2-8-21-20(7-1)19-27-22-13-16-46-41(22)36-33(30(21)27)37-35(32-24-10-4-6-12-29(24)44-39(32)25-14-17-47-42(25)37)38-34(36)31-23-9-3-5-11-28(23)45-40(31)26-15-18-48-43(26)38;1-4-10-25-19(7-1)28-31-34(40-22(13-16-46-40)37(28)43-25)32-29-20-8-2-6-12-27(20)45-39(29)24-15-18-48-42(24)36(32)33-30-21-9-3-5-11-26(21)44-38(30)23-14-17-47-41(23)35(31)33;1-4-10-25-19(7-1)28-31-34(37-22(13-16-43-37)40(28)46-25)32-29-20-8-2-6-12-27(20)48-42(29)24-15-18-45-39(24)36(32)33-30-21-9-3-5-11-26(21)47-41(30)23-14-17-44-38(23)35(31)33/h1-18,44-45H,19H2;2*1-18H. The molecule has 2 N–H and O–H groups in total. The van der Waals surface area contributed by atoms with E-state index < -0.39 is 0 Å². The summed E-state index contributed by atoms with van der Waals surface area (Å²) in [7, 11) is 0. The van der Waals surface area contributed by atoms with Crippen LogP contribution in [0, 0.1) is 0 Å². The quantitative estimate of drug-likeness (QED) is 0.149. The van der Waals surface area contributed by atoms with E-state index in [1.165, 1.54) is 314 Å². The molecule has 17 aromatic heterocycles. The Morgan fingerprint density at radius 2 is 0.444 bits per heavy atom. The van der Waals surface area contributed by atoms with Gasteiger partial charge in [-0.15, -0.1) is 136 Å². The van der Waals surface area contributed by atoms with Gasteiger partial charge in [-0.3, -0.25) is 0 Å². The normalized spacial score (nSPS) is 13.1. The van der Waals surface area contributed by atoms with E-state index in [0.29, 0.717) is 0 Å². The summed E-state index contributed by atoms with van der Waals surface area (Å²) in [4.78, 5) is 7.83. The van der Waals surface area contributed by atoms with Gasteiger partial charge in [0.25, 0.3) is 0 Å². The summed E-state index contributed by atoms with van der Waals surface area (Å²) in [6.07, 6.45) is 0.976. The summed E-state index contributed by atoms with van der Waals surface area (Å²) in [6, 6.07) is 101. The Hall–Kier alpha value is -14.7. The highest BCUT2D eigenvalue weighted by atomic mass is 32.1. The minimum absolute atomic E-state index is 0.908. The first-order valence-electron chi connectivity index (χ1n) is 48.2. The molecule has 666 valence electrons. The van der Waals surface area contributed by atoms with E-state index in [9.17, 15) is 0 Å². The van der Waals surface area contributed by atoms with Crippen molar-refractivity contribution in [3.05, 3.63) is 333 Å². The van der Waals surface area contributed by atoms with Crippen LogP contribution in [0.25, 0.3) is 369 Å². The largest absolute Gasteiger partial charge is 0.455 e. The van der Waals surface area contributed by atoms with Crippen LogP contribution >= 0.6 is 136 Å². The first-order chi connectivity index (χ1) is 71.5. The van der Waals surface area contributed by atoms with E-state index in [-0.39, 0.29) is 0 Å². The second-order valence-electron chi connectivity index (χ2n) is 38.6. The lowest BCUT2D eigenvalue weighted by Crippen LogP contribution is -1.92. The molecule has 39 rings (SSSR count). The van der Waals surface area contributed by atoms with Crippen molar-refractivity contribution >= 4 is 494 Å². The van der Waals surface area contributed by atoms with E-state index >= 15 is 0 Å². The van der Waals surface area contributed by atoms with Crippen LogP contribution < -0.4 is 0 Å². The SMILES string of the molecule is c1ccc2c(c1)Cc1c-2c2c(c3sccc13)c1c3c4ccccc4[nH]c3c3ccsc3c1c1c3c4ccccc4[nH]c3c3ccsc3c21.c1ccc2c(c1)oc1c3ccsc3c3c(c21)c1c2sccc2c2oc4ccccc4c2c1c1c2sccc2c2oc4ccccc4c2c31.c1ccc2c(c1)sc1c3ccsc3c3c(c21)c1c2sccc2c2sc4ccccc4c2c1c1c2sccc2c2sc4ccccc4c2c31. The molecule has 0 bridgehead atoms. The highest BCUT2D eigenvalue weighted by Gasteiger charge is 2.37. The van der Waals surface area contributed by atoms with Crippen LogP contribution in [0.4, 0.5) is 0 Å². The van der Waals surface area contributed by atoms with Crippen molar-refractivity contribution in [2.75, 3.05) is 0 Å². The Labute approximate surface area is 858 Å². The Kier molecular flexibility index (Phi) is 15.0. The number of rotatable bonds is 0. The Morgan fingerprint density at radius 1 is 0.181 bits per heavy atom. The maximum atomic E-state index is 6.81. The number of benzene rings is 21. The van der Waals surface area contributed by atoms with Gasteiger partial charge >= 0.3 is 0 Å². The second kappa shape index (κ2) is 27.8. The van der Waals surface area contributed by atoms with Gasteiger partial charge in [-0.2, -0.15) is 0 Å².